The van der Waals surface area contributed by atoms with Gasteiger partial charge in [-0.15, -0.1) is 0 Å². The number of amidine groups is 1. The molecule has 1 amide bonds. The third kappa shape index (κ3) is 6.48. The summed E-state index contributed by atoms with van der Waals surface area (Å²) in [6, 6.07) is 14.4. The van der Waals surface area contributed by atoms with E-state index < -0.39 is 0 Å². The van der Waals surface area contributed by atoms with Crippen molar-refractivity contribution < 1.29 is 9.53 Å². The quantitative estimate of drug-likeness (QED) is 0.237. The van der Waals surface area contributed by atoms with Crippen molar-refractivity contribution in [3.8, 4) is 5.75 Å². The van der Waals surface area contributed by atoms with E-state index in [1.807, 2.05) is 47.4 Å². The van der Waals surface area contributed by atoms with Gasteiger partial charge in [-0.05, 0) is 102 Å². The molecule has 4 nitrogen and oxygen atoms in total. The van der Waals surface area contributed by atoms with Gasteiger partial charge >= 0.3 is 0 Å². The van der Waals surface area contributed by atoms with Crippen LogP contribution >= 0.6 is 46.0 Å². The fourth-order valence-electron chi connectivity index (χ4n) is 5.22. The Kier molecular flexibility index (Phi) is 8.96. The van der Waals surface area contributed by atoms with Crippen LogP contribution in [0.25, 0.3) is 6.08 Å². The lowest BCUT2D eigenvalue weighted by Crippen LogP contribution is -2.41. The number of hydrogen-bond donors (Lipinski definition) is 0. The molecule has 2 saturated carbocycles. The molecule has 0 bridgehead atoms. The van der Waals surface area contributed by atoms with Crippen LogP contribution in [-0.2, 0) is 11.4 Å². The van der Waals surface area contributed by atoms with Gasteiger partial charge in [0, 0.05) is 11.1 Å². The Balaban J connectivity index is 1.33. The van der Waals surface area contributed by atoms with Crippen molar-refractivity contribution in [2.75, 3.05) is 0 Å². The predicted octanol–water partition coefficient (Wildman–Crippen LogP) is 8.46. The Morgan fingerprint density at radius 3 is 2.39 bits per heavy atom. The van der Waals surface area contributed by atoms with E-state index in [0.29, 0.717) is 12.6 Å². The Hall–Kier alpha value is -1.51. The third-order valence-electron chi connectivity index (χ3n) is 7.21. The zero-order valence-corrected chi connectivity index (χ0v) is 24.2. The summed E-state index contributed by atoms with van der Waals surface area (Å²) in [5.41, 5.74) is 2.08. The molecule has 1 heterocycles. The Labute approximate surface area is 237 Å². The first-order valence-corrected chi connectivity index (χ1v) is 15.3. The Bertz CT molecular complexity index is 1140. The van der Waals surface area contributed by atoms with Gasteiger partial charge in [-0.25, -0.2) is 0 Å². The molecule has 36 heavy (non-hydrogen) atoms. The molecule has 0 spiro atoms. The van der Waals surface area contributed by atoms with Crippen molar-refractivity contribution in [1.82, 2.24) is 4.90 Å². The van der Waals surface area contributed by atoms with Crippen LogP contribution < -0.4 is 4.74 Å². The second-order valence-corrected chi connectivity index (χ2v) is 12.5. The summed E-state index contributed by atoms with van der Waals surface area (Å²) in [6.07, 6.45) is 14.0. The number of halogens is 2. The molecule has 0 unspecified atom stereocenters. The van der Waals surface area contributed by atoms with Crippen molar-refractivity contribution in [2.45, 2.75) is 82.9 Å². The average molecular weight is 635 g/mol. The lowest BCUT2D eigenvalue weighted by Gasteiger charge is -2.31. The van der Waals surface area contributed by atoms with Crippen LogP contribution in [0.4, 0.5) is 0 Å². The number of rotatable bonds is 6. The predicted molar refractivity (Wildman–Crippen MR) is 159 cm³/mol. The van der Waals surface area contributed by atoms with Crippen LogP contribution in [0.5, 0.6) is 5.75 Å². The van der Waals surface area contributed by atoms with Gasteiger partial charge in [0.05, 0.1) is 14.5 Å². The van der Waals surface area contributed by atoms with Crippen LogP contribution in [0.3, 0.4) is 0 Å². The average Bonchev–Trinajstić information content (AvgIpc) is 3.19. The van der Waals surface area contributed by atoms with Gasteiger partial charge in [-0.3, -0.25) is 14.7 Å². The number of ether oxygens (including phenoxy) is 1. The minimum atomic E-state index is 0.125. The van der Waals surface area contributed by atoms with Gasteiger partial charge in [0.15, 0.2) is 5.17 Å². The molecule has 0 N–H and O–H groups in total. The summed E-state index contributed by atoms with van der Waals surface area (Å²) in [5.74, 6) is 0.959. The summed E-state index contributed by atoms with van der Waals surface area (Å²) in [4.78, 5) is 21.6. The summed E-state index contributed by atoms with van der Waals surface area (Å²) < 4.78 is 7.06. The van der Waals surface area contributed by atoms with Gasteiger partial charge in [0.1, 0.15) is 12.4 Å². The van der Waals surface area contributed by atoms with Crippen molar-refractivity contribution >= 4 is 63.1 Å². The number of benzene rings is 2. The highest BCUT2D eigenvalue weighted by Gasteiger charge is 2.39. The maximum Gasteiger partial charge on any atom is 0.266 e. The molecule has 1 aliphatic heterocycles. The highest BCUT2D eigenvalue weighted by Crippen LogP contribution is 2.39. The van der Waals surface area contributed by atoms with Gasteiger partial charge in [-0.2, -0.15) is 0 Å². The maximum atomic E-state index is 13.6. The molecule has 2 aliphatic carbocycles. The smallest absolute Gasteiger partial charge is 0.266 e. The van der Waals surface area contributed by atoms with Crippen LogP contribution in [-0.4, -0.2) is 28.1 Å². The molecule has 2 aromatic carbocycles. The number of carbonyl (C=O) groups is 1. The molecular weight excluding hydrogens is 603 g/mol. The van der Waals surface area contributed by atoms with E-state index >= 15 is 0 Å². The SMILES string of the molecule is O=C1C(=Cc2ccc(OCc3ccc(Cl)cc3)c(I)c2)SC(=NC2CCCCC2)N1C1CCCCC1. The largest absolute Gasteiger partial charge is 0.488 e. The normalized spacial score (nSPS) is 22.1. The van der Waals surface area contributed by atoms with Crippen LogP contribution in [0.15, 0.2) is 52.4 Å². The topological polar surface area (TPSA) is 41.9 Å². The molecule has 0 radical (unpaired) electrons. The highest BCUT2D eigenvalue weighted by molar-refractivity contribution is 14.1. The molecular formula is C29H32ClIN2O2S. The number of nitrogens with zero attached hydrogens (tertiary/aromatic N) is 2. The molecule has 190 valence electrons. The number of hydrogen-bond acceptors (Lipinski definition) is 4. The van der Waals surface area contributed by atoms with E-state index in [1.54, 1.807) is 11.8 Å². The summed E-state index contributed by atoms with van der Waals surface area (Å²) in [6.45, 7) is 0.485. The Morgan fingerprint density at radius 2 is 1.69 bits per heavy atom. The summed E-state index contributed by atoms with van der Waals surface area (Å²) in [5, 5.41) is 1.65. The lowest BCUT2D eigenvalue weighted by molar-refractivity contribution is -0.124. The van der Waals surface area contributed by atoms with E-state index in [2.05, 4.69) is 28.7 Å². The number of amides is 1. The first kappa shape index (κ1) is 26.1. The first-order chi connectivity index (χ1) is 17.6. The molecule has 1 saturated heterocycles. The van der Waals surface area contributed by atoms with Crippen molar-refractivity contribution in [2.24, 2.45) is 4.99 Å². The second kappa shape index (κ2) is 12.4. The van der Waals surface area contributed by atoms with E-state index in [9.17, 15) is 4.79 Å². The van der Waals surface area contributed by atoms with E-state index in [-0.39, 0.29) is 11.9 Å². The maximum absolute atomic E-state index is 13.6. The minimum Gasteiger partial charge on any atom is -0.488 e. The molecule has 5 rings (SSSR count). The van der Waals surface area contributed by atoms with Gasteiger partial charge in [0.2, 0.25) is 0 Å². The van der Waals surface area contributed by atoms with Crippen molar-refractivity contribution in [3.05, 3.63) is 67.1 Å². The fraction of sp³-hybridized carbons (Fsp3) is 0.448. The van der Waals surface area contributed by atoms with Gasteiger partial charge in [-0.1, -0.05) is 68.3 Å². The van der Waals surface area contributed by atoms with Crippen LogP contribution in [0, 0.1) is 3.57 Å². The highest BCUT2D eigenvalue weighted by atomic mass is 127. The lowest BCUT2D eigenvalue weighted by atomic mass is 9.94. The molecule has 3 aliphatic rings. The van der Waals surface area contributed by atoms with E-state index in [4.69, 9.17) is 21.3 Å². The Morgan fingerprint density at radius 1 is 1.00 bits per heavy atom. The van der Waals surface area contributed by atoms with E-state index in [0.717, 1.165) is 61.2 Å². The van der Waals surface area contributed by atoms with Crippen LogP contribution in [0.1, 0.15) is 75.3 Å². The third-order valence-corrected chi connectivity index (χ3v) is 9.30. The van der Waals surface area contributed by atoms with Crippen molar-refractivity contribution in [3.63, 3.8) is 0 Å². The molecule has 3 fully saturated rings. The molecule has 0 atom stereocenters. The molecule has 2 aromatic rings. The second-order valence-electron chi connectivity index (χ2n) is 9.89. The van der Waals surface area contributed by atoms with E-state index in [1.165, 1.54) is 38.5 Å². The van der Waals surface area contributed by atoms with Crippen LogP contribution in [0.2, 0.25) is 5.02 Å². The molecule has 7 heteroatoms. The van der Waals surface area contributed by atoms with Gasteiger partial charge in [0.25, 0.3) is 5.91 Å². The minimum absolute atomic E-state index is 0.125. The standard InChI is InChI=1S/C29H32ClIN2O2S/c30-22-14-11-20(12-15-22)19-35-26-16-13-21(17-25(26)31)18-27-28(34)33(24-9-5-2-6-10-24)29(36-27)32-23-7-3-1-4-8-23/h11-18,23-24H,1-10,19H2. The summed E-state index contributed by atoms with van der Waals surface area (Å²) in [7, 11) is 0. The number of aliphatic imine (C=N–C) groups is 1. The summed E-state index contributed by atoms with van der Waals surface area (Å²) >= 11 is 9.85. The van der Waals surface area contributed by atoms with Gasteiger partial charge < -0.3 is 4.74 Å². The fourth-order valence-corrected chi connectivity index (χ4v) is 7.15. The zero-order chi connectivity index (χ0) is 24.9. The monoisotopic (exact) mass is 634 g/mol. The molecule has 0 aromatic heterocycles. The number of thioether (sulfide) groups is 1. The first-order valence-electron chi connectivity index (χ1n) is 13.0. The number of carbonyl (C=O) groups excluding carboxylic acids is 1. The zero-order valence-electron chi connectivity index (χ0n) is 20.4. The van der Waals surface area contributed by atoms with Crippen molar-refractivity contribution in [1.29, 1.82) is 0 Å².